The van der Waals surface area contributed by atoms with Crippen LogP contribution in [0.1, 0.15) is 6.92 Å². The van der Waals surface area contributed by atoms with Crippen LogP contribution in [0.2, 0.25) is 0 Å². The third-order valence-corrected chi connectivity index (χ3v) is 1.59. The van der Waals surface area contributed by atoms with Gasteiger partial charge in [-0.2, -0.15) is 13.2 Å². The van der Waals surface area contributed by atoms with Crippen molar-refractivity contribution in [3.05, 3.63) is 0 Å². The molecular weight excluding hydrogens is 181 g/mol. The monoisotopic (exact) mass is 192 g/mol. The SMILES string of the molecule is CC(CN)(CN)C(F)(F)F.Cl. The number of hydrogen-bond donors (Lipinski definition) is 2. The van der Waals surface area contributed by atoms with Crippen LogP contribution in [0.25, 0.3) is 0 Å². The topological polar surface area (TPSA) is 52.0 Å². The maximum atomic E-state index is 11.9. The number of alkyl halides is 3. The third-order valence-electron chi connectivity index (χ3n) is 1.59. The Kier molecular flexibility index (Phi) is 5.10. The highest BCUT2D eigenvalue weighted by Crippen LogP contribution is 2.35. The van der Waals surface area contributed by atoms with Crippen LogP contribution in [0.15, 0.2) is 0 Å². The Bertz CT molecular complexity index is 111. The van der Waals surface area contributed by atoms with Gasteiger partial charge in [-0.3, -0.25) is 0 Å². The van der Waals surface area contributed by atoms with Crippen LogP contribution in [0, 0.1) is 5.41 Å². The Morgan fingerprint density at radius 3 is 1.36 bits per heavy atom. The molecule has 4 N–H and O–H groups in total. The van der Waals surface area contributed by atoms with E-state index in [1.807, 2.05) is 0 Å². The summed E-state index contributed by atoms with van der Waals surface area (Å²) in [6.07, 6.45) is -4.30. The normalized spacial score (nSPS) is 12.5. The smallest absolute Gasteiger partial charge is 0.330 e. The summed E-state index contributed by atoms with van der Waals surface area (Å²) >= 11 is 0. The molecule has 0 aromatic carbocycles. The molecule has 0 spiro atoms. The highest BCUT2D eigenvalue weighted by Gasteiger charge is 2.48. The zero-order valence-corrected chi connectivity index (χ0v) is 6.93. The van der Waals surface area contributed by atoms with Gasteiger partial charge < -0.3 is 11.5 Å². The van der Waals surface area contributed by atoms with Gasteiger partial charge in [0.25, 0.3) is 0 Å². The van der Waals surface area contributed by atoms with Crippen molar-refractivity contribution in [2.75, 3.05) is 13.1 Å². The minimum atomic E-state index is -4.30. The maximum Gasteiger partial charge on any atom is 0.396 e. The van der Waals surface area contributed by atoms with Crippen molar-refractivity contribution < 1.29 is 13.2 Å². The summed E-state index contributed by atoms with van der Waals surface area (Å²) in [6.45, 7) is 0.0764. The number of hydrogen-bond acceptors (Lipinski definition) is 2. The first kappa shape index (κ1) is 13.6. The minimum Gasteiger partial charge on any atom is -0.330 e. The summed E-state index contributed by atoms with van der Waals surface area (Å²) in [6, 6.07) is 0. The molecule has 0 unspecified atom stereocenters. The van der Waals surface area contributed by atoms with Gasteiger partial charge in [0.1, 0.15) is 0 Å². The second-order valence-corrected chi connectivity index (χ2v) is 2.47. The minimum absolute atomic E-state index is 0. The second kappa shape index (κ2) is 4.13. The molecule has 0 atom stereocenters. The summed E-state index contributed by atoms with van der Waals surface area (Å²) in [5.41, 5.74) is 7.88. The van der Waals surface area contributed by atoms with Crippen molar-refractivity contribution in [2.24, 2.45) is 16.9 Å². The summed E-state index contributed by atoms with van der Waals surface area (Å²) in [5, 5.41) is 0. The lowest BCUT2D eigenvalue weighted by Gasteiger charge is -2.28. The van der Waals surface area contributed by atoms with Crippen molar-refractivity contribution in [2.45, 2.75) is 13.1 Å². The van der Waals surface area contributed by atoms with Crippen LogP contribution in [0.5, 0.6) is 0 Å². The number of nitrogens with two attached hydrogens (primary N) is 2. The first-order valence-electron chi connectivity index (χ1n) is 2.84. The van der Waals surface area contributed by atoms with E-state index in [9.17, 15) is 13.2 Å². The molecule has 0 aromatic heterocycles. The summed E-state index contributed by atoms with van der Waals surface area (Å²) in [5.74, 6) is 0. The molecule has 0 rings (SSSR count). The molecule has 0 aliphatic carbocycles. The van der Waals surface area contributed by atoms with Crippen molar-refractivity contribution in [1.82, 2.24) is 0 Å². The Balaban J connectivity index is 0. The van der Waals surface area contributed by atoms with Gasteiger partial charge in [0, 0.05) is 13.1 Å². The molecule has 6 heteroatoms. The number of rotatable bonds is 2. The van der Waals surface area contributed by atoms with Crippen molar-refractivity contribution in [1.29, 1.82) is 0 Å². The number of halogens is 4. The largest absolute Gasteiger partial charge is 0.396 e. The van der Waals surface area contributed by atoms with Crippen LogP contribution in [-0.2, 0) is 0 Å². The molecule has 0 saturated heterocycles. The van der Waals surface area contributed by atoms with Gasteiger partial charge in [0.05, 0.1) is 5.41 Å². The molecule has 0 radical (unpaired) electrons. The molecule has 0 fully saturated rings. The summed E-state index contributed by atoms with van der Waals surface area (Å²) < 4.78 is 35.8. The highest BCUT2D eigenvalue weighted by atomic mass is 35.5. The average Bonchev–Trinajstić information content (AvgIpc) is 1.84. The first-order valence-corrected chi connectivity index (χ1v) is 2.84. The molecule has 0 aliphatic heterocycles. The standard InChI is InChI=1S/C5H11F3N2.ClH/c1-4(2-9,3-10)5(6,7)8;/h2-3,9-10H2,1H3;1H. The Hall–Kier alpha value is -0.0000000000000000555. The van der Waals surface area contributed by atoms with E-state index in [1.54, 1.807) is 0 Å². The van der Waals surface area contributed by atoms with Crippen molar-refractivity contribution in [3.63, 3.8) is 0 Å². The summed E-state index contributed by atoms with van der Waals surface area (Å²) in [7, 11) is 0. The van der Waals surface area contributed by atoms with E-state index in [1.165, 1.54) is 0 Å². The van der Waals surface area contributed by atoms with Crippen molar-refractivity contribution in [3.8, 4) is 0 Å². The van der Waals surface area contributed by atoms with Gasteiger partial charge in [-0.25, -0.2) is 0 Å². The van der Waals surface area contributed by atoms with Crippen LogP contribution in [0.3, 0.4) is 0 Å². The predicted molar refractivity (Wildman–Crippen MR) is 39.5 cm³/mol. The van der Waals surface area contributed by atoms with Gasteiger partial charge in [-0.05, 0) is 6.92 Å². The lowest BCUT2D eigenvalue weighted by atomic mass is 9.90. The van der Waals surface area contributed by atoms with Gasteiger partial charge in [-0.1, -0.05) is 0 Å². The fraction of sp³-hybridized carbons (Fsp3) is 1.00. The maximum absolute atomic E-state index is 11.9. The zero-order chi connectivity index (χ0) is 8.41. The predicted octanol–water partition coefficient (Wildman–Crippen LogP) is 0.894. The Morgan fingerprint density at radius 2 is 1.36 bits per heavy atom. The third kappa shape index (κ3) is 2.84. The van der Waals surface area contributed by atoms with E-state index < -0.39 is 24.7 Å². The van der Waals surface area contributed by atoms with Crippen LogP contribution < -0.4 is 11.5 Å². The van der Waals surface area contributed by atoms with Gasteiger partial charge in [0.2, 0.25) is 0 Å². The zero-order valence-electron chi connectivity index (χ0n) is 6.11. The second-order valence-electron chi connectivity index (χ2n) is 2.47. The molecule has 0 aliphatic rings. The van der Waals surface area contributed by atoms with E-state index in [-0.39, 0.29) is 12.4 Å². The molecule has 0 saturated carbocycles. The van der Waals surface area contributed by atoms with Crippen molar-refractivity contribution >= 4 is 12.4 Å². The van der Waals surface area contributed by atoms with E-state index in [0.717, 1.165) is 6.92 Å². The fourth-order valence-electron chi connectivity index (χ4n) is 0.315. The molecule has 2 nitrogen and oxygen atoms in total. The first-order chi connectivity index (χ1) is 4.37. The van der Waals surface area contributed by atoms with Gasteiger partial charge in [0.15, 0.2) is 0 Å². The Labute approximate surface area is 69.5 Å². The average molecular weight is 193 g/mol. The fourth-order valence-corrected chi connectivity index (χ4v) is 0.315. The van der Waals surface area contributed by atoms with Gasteiger partial charge in [-0.15, -0.1) is 12.4 Å². The van der Waals surface area contributed by atoms with E-state index in [4.69, 9.17) is 11.5 Å². The molecular formula is C5H12ClF3N2. The highest BCUT2D eigenvalue weighted by molar-refractivity contribution is 5.85. The van der Waals surface area contributed by atoms with E-state index >= 15 is 0 Å². The lowest BCUT2D eigenvalue weighted by molar-refractivity contribution is -0.210. The van der Waals surface area contributed by atoms with Crippen LogP contribution >= 0.6 is 12.4 Å². The van der Waals surface area contributed by atoms with Gasteiger partial charge >= 0.3 is 6.18 Å². The molecule has 0 bridgehead atoms. The molecule has 0 heterocycles. The van der Waals surface area contributed by atoms with E-state index in [0.29, 0.717) is 0 Å². The molecule has 11 heavy (non-hydrogen) atoms. The Morgan fingerprint density at radius 1 is 1.09 bits per heavy atom. The quantitative estimate of drug-likeness (QED) is 0.683. The van der Waals surface area contributed by atoms with Crippen LogP contribution in [-0.4, -0.2) is 19.3 Å². The van der Waals surface area contributed by atoms with E-state index in [2.05, 4.69) is 0 Å². The summed E-state index contributed by atoms with van der Waals surface area (Å²) in [4.78, 5) is 0. The molecule has 0 amide bonds. The lowest BCUT2D eigenvalue weighted by Crippen LogP contribution is -2.47. The molecule has 0 aromatic rings. The van der Waals surface area contributed by atoms with Crippen LogP contribution in [0.4, 0.5) is 13.2 Å². The molecule has 70 valence electrons.